The summed E-state index contributed by atoms with van der Waals surface area (Å²) < 4.78 is 0. The van der Waals surface area contributed by atoms with E-state index in [1.807, 2.05) is 25.1 Å². The van der Waals surface area contributed by atoms with E-state index in [0.29, 0.717) is 18.4 Å². The van der Waals surface area contributed by atoms with Gasteiger partial charge < -0.3 is 0 Å². The molecule has 1 amide bonds. The van der Waals surface area contributed by atoms with Crippen molar-refractivity contribution in [3.05, 3.63) is 62.7 Å². The van der Waals surface area contributed by atoms with Crippen LogP contribution in [0, 0.1) is 23.7 Å². The largest absolute Gasteiger partial charge is 0.294 e. The van der Waals surface area contributed by atoms with Crippen LogP contribution in [0.5, 0.6) is 0 Å². The van der Waals surface area contributed by atoms with E-state index in [0.717, 1.165) is 58.6 Å². The van der Waals surface area contributed by atoms with Crippen molar-refractivity contribution in [2.45, 2.75) is 71.6 Å². The molecular weight excluding hydrogens is 416 g/mol. The summed E-state index contributed by atoms with van der Waals surface area (Å²) in [7, 11) is 0. The van der Waals surface area contributed by atoms with Crippen molar-refractivity contribution in [1.82, 2.24) is 0 Å². The van der Waals surface area contributed by atoms with E-state index in [1.54, 1.807) is 16.2 Å². The molecule has 0 saturated heterocycles. The minimum absolute atomic E-state index is 0.00384. The first-order valence-corrected chi connectivity index (χ1v) is 12.3. The molecule has 1 aromatic heterocycles. The van der Waals surface area contributed by atoms with Crippen molar-refractivity contribution in [2.24, 2.45) is 5.41 Å². The quantitative estimate of drug-likeness (QED) is 0.573. The number of carbonyl (C=O) groups is 2. The van der Waals surface area contributed by atoms with Crippen LogP contribution in [0.15, 0.2) is 35.5 Å². The van der Waals surface area contributed by atoms with Crippen LogP contribution in [0.3, 0.4) is 0 Å². The van der Waals surface area contributed by atoms with Gasteiger partial charge >= 0.3 is 0 Å². The number of allylic oxidation sites excluding steroid dienone is 2. The first-order chi connectivity index (χ1) is 15.3. The summed E-state index contributed by atoms with van der Waals surface area (Å²) >= 11 is 1.59. The number of aryl methyl sites for hydroxylation is 2. The summed E-state index contributed by atoms with van der Waals surface area (Å²) in [5.41, 5.74) is 5.32. The lowest BCUT2D eigenvalue weighted by Gasteiger charge is -2.42. The monoisotopic (exact) mass is 444 g/mol. The molecule has 0 saturated carbocycles. The Labute approximate surface area is 193 Å². The average molecular weight is 445 g/mol. The third kappa shape index (κ3) is 3.42. The molecule has 2 aromatic rings. The predicted molar refractivity (Wildman–Crippen MR) is 127 cm³/mol. The standard InChI is InChI=1S/C27H28N2O2S/c1-16-7-6-8-17(11-16)19-12-24(31)29(21-13-27(2,3)14-22(30)25(19)21)26-20(15-28)18-9-4-5-10-23(18)32-26/h6-8,11,19H,4-5,9-10,12-14H2,1-3H3/t19-/m0/s1. The molecule has 5 rings (SSSR count). The fourth-order valence-electron chi connectivity index (χ4n) is 5.65. The lowest BCUT2D eigenvalue weighted by molar-refractivity contribution is -0.120. The van der Waals surface area contributed by atoms with Crippen molar-refractivity contribution in [3.8, 4) is 6.07 Å². The summed E-state index contributed by atoms with van der Waals surface area (Å²) in [5.74, 6) is -0.0756. The molecule has 0 unspecified atom stereocenters. The van der Waals surface area contributed by atoms with Crippen molar-refractivity contribution in [1.29, 1.82) is 5.26 Å². The van der Waals surface area contributed by atoms with Crippen LogP contribution in [0.2, 0.25) is 0 Å². The van der Waals surface area contributed by atoms with Crippen LogP contribution in [-0.2, 0) is 22.4 Å². The predicted octanol–water partition coefficient (Wildman–Crippen LogP) is 5.97. The number of Topliss-reactive ketones (excluding diaryl/α,β-unsaturated/α-hetero) is 1. The Balaban J connectivity index is 1.71. The number of thiophene rings is 1. The molecule has 0 spiro atoms. The zero-order valence-electron chi connectivity index (χ0n) is 19.0. The SMILES string of the molecule is Cc1cccc([C@@H]2CC(=O)N(c3sc4c(c3C#N)CCCC4)C3=C2C(=O)CC(C)(C)C3)c1. The first kappa shape index (κ1) is 21.2. The minimum Gasteiger partial charge on any atom is -0.294 e. The highest BCUT2D eigenvalue weighted by Crippen LogP contribution is 2.51. The number of benzene rings is 1. The smallest absolute Gasteiger partial charge is 0.232 e. The van der Waals surface area contributed by atoms with Gasteiger partial charge in [0.05, 0.1) is 5.56 Å². The van der Waals surface area contributed by atoms with Gasteiger partial charge in [-0.1, -0.05) is 43.7 Å². The maximum Gasteiger partial charge on any atom is 0.232 e. The van der Waals surface area contributed by atoms with E-state index < -0.39 is 0 Å². The van der Waals surface area contributed by atoms with Gasteiger partial charge in [-0.3, -0.25) is 14.5 Å². The molecule has 2 aliphatic carbocycles. The van der Waals surface area contributed by atoms with Crippen LogP contribution >= 0.6 is 11.3 Å². The number of nitrogens with zero attached hydrogens (tertiary/aromatic N) is 2. The van der Waals surface area contributed by atoms with Crippen LogP contribution in [0.25, 0.3) is 0 Å². The Morgan fingerprint density at radius 3 is 2.69 bits per heavy atom. The van der Waals surface area contributed by atoms with E-state index in [1.165, 1.54) is 4.88 Å². The first-order valence-electron chi connectivity index (χ1n) is 11.5. The Bertz CT molecular complexity index is 1210. The van der Waals surface area contributed by atoms with Crippen LogP contribution < -0.4 is 4.90 Å². The molecule has 1 aliphatic heterocycles. The molecular formula is C27H28N2O2S. The van der Waals surface area contributed by atoms with E-state index in [-0.39, 0.29) is 29.4 Å². The molecule has 0 radical (unpaired) electrons. The van der Waals surface area contributed by atoms with Crippen molar-refractivity contribution in [3.63, 3.8) is 0 Å². The molecule has 5 heteroatoms. The number of nitriles is 1. The van der Waals surface area contributed by atoms with Gasteiger partial charge in [0.15, 0.2) is 5.78 Å². The van der Waals surface area contributed by atoms with E-state index in [9.17, 15) is 14.9 Å². The van der Waals surface area contributed by atoms with Gasteiger partial charge in [-0.15, -0.1) is 11.3 Å². The second-order valence-electron chi connectivity index (χ2n) is 10.2. The minimum atomic E-state index is -0.216. The van der Waals surface area contributed by atoms with Gasteiger partial charge in [0.2, 0.25) is 5.91 Å². The summed E-state index contributed by atoms with van der Waals surface area (Å²) in [6.45, 7) is 6.23. The Morgan fingerprint density at radius 1 is 1.16 bits per heavy atom. The second-order valence-corrected chi connectivity index (χ2v) is 11.3. The van der Waals surface area contributed by atoms with Crippen LogP contribution in [-0.4, -0.2) is 11.7 Å². The van der Waals surface area contributed by atoms with Gasteiger partial charge in [0.1, 0.15) is 11.1 Å². The fraction of sp³-hybridized carbons (Fsp3) is 0.444. The fourth-order valence-corrected chi connectivity index (χ4v) is 7.03. The summed E-state index contributed by atoms with van der Waals surface area (Å²) in [4.78, 5) is 30.2. The number of carbonyl (C=O) groups excluding carboxylic acids is 2. The maximum atomic E-state index is 13.7. The number of rotatable bonds is 2. The number of anilines is 1. The topological polar surface area (TPSA) is 61.2 Å². The highest BCUT2D eigenvalue weighted by molar-refractivity contribution is 7.16. The number of ketones is 1. The van der Waals surface area contributed by atoms with Crippen molar-refractivity contribution < 1.29 is 9.59 Å². The summed E-state index contributed by atoms with van der Waals surface area (Å²) in [5, 5.41) is 10.8. The average Bonchev–Trinajstić information content (AvgIpc) is 3.10. The lowest BCUT2D eigenvalue weighted by Crippen LogP contribution is -2.43. The van der Waals surface area contributed by atoms with E-state index >= 15 is 0 Å². The normalized spacial score (nSPS) is 22.4. The zero-order valence-corrected chi connectivity index (χ0v) is 19.8. The van der Waals surface area contributed by atoms with Gasteiger partial charge in [0.25, 0.3) is 0 Å². The third-order valence-electron chi connectivity index (χ3n) is 7.06. The van der Waals surface area contributed by atoms with Gasteiger partial charge in [0, 0.05) is 34.9 Å². The molecule has 0 fully saturated rings. The van der Waals surface area contributed by atoms with Crippen LogP contribution in [0.4, 0.5) is 5.00 Å². The van der Waals surface area contributed by atoms with Crippen LogP contribution in [0.1, 0.15) is 79.0 Å². The molecule has 1 atom stereocenters. The van der Waals surface area contributed by atoms with E-state index in [2.05, 4.69) is 26.0 Å². The zero-order chi connectivity index (χ0) is 22.6. The highest BCUT2D eigenvalue weighted by Gasteiger charge is 2.45. The van der Waals surface area contributed by atoms with Crippen molar-refractivity contribution >= 4 is 28.0 Å². The second kappa shape index (κ2) is 7.71. The number of amides is 1. The molecule has 2 heterocycles. The van der Waals surface area contributed by atoms with E-state index in [4.69, 9.17) is 0 Å². The number of fused-ring (bicyclic) bond motifs is 1. The summed E-state index contributed by atoms with van der Waals surface area (Å²) in [6, 6.07) is 10.6. The van der Waals surface area contributed by atoms with Gasteiger partial charge in [-0.2, -0.15) is 5.26 Å². The number of hydrogen-bond donors (Lipinski definition) is 0. The Morgan fingerprint density at radius 2 is 1.94 bits per heavy atom. The molecule has 164 valence electrons. The number of hydrogen-bond acceptors (Lipinski definition) is 4. The van der Waals surface area contributed by atoms with Crippen molar-refractivity contribution in [2.75, 3.05) is 4.90 Å². The molecule has 1 aromatic carbocycles. The Hall–Kier alpha value is -2.71. The highest BCUT2D eigenvalue weighted by atomic mass is 32.1. The molecule has 0 bridgehead atoms. The molecule has 0 N–H and O–H groups in total. The molecule has 32 heavy (non-hydrogen) atoms. The molecule has 3 aliphatic rings. The van der Waals surface area contributed by atoms with Gasteiger partial charge in [-0.05, 0) is 55.6 Å². The summed E-state index contributed by atoms with van der Waals surface area (Å²) in [6.07, 6.45) is 5.50. The Kier molecular flexibility index (Phi) is 5.09. The van der Waals surface area contributed by atoms with Gasteiger partial charge in [-0.25, -0.2) is 0 Å². The molecule has 4 nitrogen and oxygen atoms in total. The third-order valence-corrected chi connectivity index (χ3v) is 8.33. The lowest BCUT2D eigenvalue weighted by atomic mass is 9.69. The maximum absolute atomic E-state index is 13.7.